The van der Waals surface area contributed by atoms with Crippen LogP contribution in [0.25, 0.3) is 0 Å². The molecule has 0 radical (unpaired) electrons. The molecule has 2 nitrogen and oxygen atoms in total. The van der Waals surface area contributed by atoms with Crippen molar-refractivity contribution in [3.05, 3.63) is 90.5 Å². The molecule has 0 aromatic heterocycles. The first kappa shape index (κ1) is 12.4. The Labute approximate surface area is 124 Å². The minimum atomic E-state index is 0.111. The Kier molecular flexibility index (Phi) is 3.09. The lowest BCUT2D eigenvalue weighted by atomic mass is 9.87. The van der Waals surface area contributed by atoms with Gasteiger partial charge in [0.2, 0.25) is 0 Å². The highest BCUT2D eigenvalue weighted by molar-refractivity contribution is 5.49. The van der Waals surface area contributed by atoms with E-state index in [2.05, 4.69) is 84.0 Å². The van der Waals surface area contributed by atoms with Crippen LogP contribution in [0.1, 0.15) is 11.6 Å². The fourth-order valence-corrected chi connectivity index (χ4v) is 3.15. The van der Waals surface area contributed by atoms with Crippen molar-refractivity contribution in [2.45, 2.75) is 12.1 Å². The Morgan fingerprint density at radius 2 is 1.43 bits per heavy atom. The van der Waals surface area contributed by atoms with Gasteiger partial charge in [-0.15, -0.1) is 0 Å². The van der Waals surface area contributed by atoms with Crippen molar-refractivity contribution in [3.63, 3.8) is 0 Å². The van der Waals surface area contributed by atoms with Crippen LogP contribution in [0, 0.1) is 5.92 Å². The number of para-hydroxylation sites is 1. The second kappa shape index (κ2) is 5.23. The van der Waals surface area contributed by atoms with E-state index in [1.54, 1.807) is 0 Å². The minimum absolute atomic E-state index is 0.111. The summed E-state index contributed by atoms with van der Waals surface area (Å²) in [6.45, 7) is 0. The van der Waals surface area contributed by atoms with E-state index in [1.807, 2.05) is 6.07 Å². The topological polar surface area (TPSA) is 12.5 Å². The normalized spacial score (nSPS) is 26.9. The molecule has 1 fully saturated rings. The maximum Gasteiger partial charge on any atom is 0.113 e. The van der Waals surface area contributed by atoms with E-state index in [0.717, 1.165) is 5.69 Å². The first-order chi connectivity index (χ1) is 10.4. The van der Waals surface area contributed by atoms with Gasteiger partial charge >= 0.3 is 0 Å². The van der Waals surface area contributed by atoms with Gasteiger partial charge in [-0.05, 0) is 17.7 Å². The Balaban J connectivity index is 1.78. The molecule has 1 saturated heterocycles. The van der Waals surface area contributed by atoms with E-state index in [4.69, 9.17) is 4.84 Å². The molecule has 4 rings (SSSR count). The van der Waals surface area contributed by atoms with Gasteiger partial charge in [0.05, 0.1) is 11.7 Å². The summed E-state index contributed by atoms with van der Waals surface area (Å²) >= 11 is 0. The average molecular weight is 275 g/mol. The zero-order valence-electron chi connectivity index (χ0n) is 11.7. The third-order valence-electron chi connectivity index (χ3n) is 4.13. The van der Waals surface area contributed by atoms with Gasteiger partial charge in [0.15, 0.2) is 0 Å². The zero-order valence-corrected chi connectivity index (χ0v) is 11.7. The molecule has 2 aromatic rings. The van der Waals surface area contributed by atoms with Crippen LogP contribution in [0.15, 0.2) is 85.0 Å². The number of fused-ring (bicyclic) bond motifs is 1. The quantitative estimate of drug-likeness (QED) is 0.810. The minimum Gasteiger partial charge on any atom is -0.265 e. The summed E-state index contributed by atoms with van der Waals surface area (Å²) < 4.78 is 0. The highest BCUT2D eigenvalue weighted by Crippen LogP contribution is 2.44. The number of hydrogen-bond acceptors (Lipinski definition) is 2. The third-order valence-corrected chi connectivity index (χ3v) is 4.13. The summed E-state index contributed by atoms with van der Waals surface area (Å²) in [5.74, 6) is 0.345. The molecule has 21 heavy (non-hydrogen) atoms. The summed E-state index contributed by atoms with van der Waals surface area (Å²) in [7, 11) is 0. The number of anilines is 1. The van der Waals surface area contributed by atoms with Crippen LogP contribution in [0.4, 0.5) is 5.69 Å². The molecular weight excluding hydrogens is 258 g/mol. The van der Waals surface area contributed by atoms with Crippen LogP contribution >= 0.6 is 0 Å². The molecule has 0 amide bonds. The van der Waals surface area contributed by atoms with Gasteiger partial charge in [-0.25, -0.2) is 5.06 Å². The molecule has 0 spiro atoms. The Morgan fingerprint density at radius 3 is 2.19 bits per heavy atom. The van der Waals surface area contributed by atoms with Crippen molar-refractivity contribution >= 4 is 5.69 Å². The lowest BCUT2D eigenvalue weighted by molar-refractivity contribution is 0.107. The van der Waals surface area contributed by atoms with Crippen molar-refractivity contribution in [3.8, 4) is 0 Å². The van der Waals surface area contributed by atoms with Gasteiger partial charge in [-0.2, -0.15) is 0 Å². The van der Waals surface area contributed by atoms with Crippen LogP contribution in [0.5, 0.6) is 0 Å². The molecule has 2 aliphatic rings. The second-order valence-electron chi connectivity index (χ2n) is 5.43. The van der Waals surface area contributed by atoms with Crippen LogP contribution in [-0.2, 0) is 4.84 Å². The maximum absolute atomic E-state index is 6.21. The SMILES string of the molecule is C1=C[C@@H]2[C@H](C=C1)ON(c1ccccc1)[C@H]2c1ccccc1. The summed E-state index contributed by atoms with van der Waals surface area (Å²) in [5.41, 5.74) is 2.39. The van der Waals surface area contributed by atoms with E-state index in [0.29, 0.717) is 5.92 Å². The lowest BCUT2D eigenvalue weighted by Gasteiger charge is -2.26. The third kappa shape index (κ3) is 2.18. The lowest BCUT2D eigenvalue weighted by Crippen LogP contribution is -2.23. The van der Waals surface area contributed by atoms with Crippen LogP contribution < -0.4 is 5.06 Å². The molecule has 0 unspecified atom stereocenters. The Hall–Kier alpha value is -2.32. The van der Waals surface area contributed by atoms with Crippen LogP contribution in [0.2, 0.25) is 0 Å². The Morgan fingerprint density at radius 1 is 0.762 bits per heavy atom. The average Bonchev–Trinajstić information content (AvgIpc) is 2.96. The van der Waals surface area contributed by atoms with Gasteiger partial charge in [0.1, 0.15) is 6.10 Å². The van der Waals surface area contributed by atoms with Crippen LogP contribution in [0.3, 0.4) is 0 Å². The summed E-state index contributed by atoms with van der Waals surface area (Å²) in [5, 5.41) is 2.06. The molecule has 0 N–H and O–H groups in total. The highest BCUT2D eigenvalue weighted by atomic mass is 16.7. The van der Waals surface area contributed by atoms with E-state index in [-0.39, 0.29) is 12.1 Å². The summed E-state index contributed by atoms with van der Waals surface area (Å²) in [6, 6.07) is 21.1. The van der Waals surface area contributed by atoms with E-state index in [1.165, 1.54) is 5.56 Å². The van der Waals surface area contributed by atoms with Crippen molar-refractivity contribution in [2.75, 3.05) is 5.06 Å². The van der Waals surface area contributed by atoms with Gasteiger partial charge in [-0.3, -0.25) is 4.84 Å². The Bertz CT molecular complexity index is 662. The second-order valence-corrected chi connectivity index (χ2v) is 5.43. The first-order valence-corrected chi connectivity index (χ1v) is 7.34. The molecule has 0 bridgehead atoms. The van der Waals surface area contributed by atoms with Crippen molar-refractivity contribution in [1.82, 2.24) is 0 Å². The van der Waals surface area contributed by atoms with E-state index >= 15 is 0 Å². The van der Waals surface area contributed by atoms with Gasteiger partial charge < -0.3 is 0 Å². The number of hydroxylamine groups is 1. The van der Waals surface area contributed by atoms with Gasteiger partial charge in [0.25, 0.3) is 0 Å². The molecule has 104 valence electrons. The number of allylic oxidation sites excluding steroid dienone is 2. The van der Waals surface area contributed by atoms with Crippen LogP contribution in [-0.4, -0.2) is 6.10 Å². The molecule has 0 saturated carbocycles. The monoisotopic (exact) mass is 275 g/mol. The number of hydrogen-bond donors (Lipinski definition) is 0. The molecule has 1 heterocycles. The van der Waals surface area contributed by atoms with Gasteiger partial charge in [0, 0.05) is 5.92 Å². The number of nitrogens with zero attached hydrogens (tertiary/aromatic N) is 1. The molecule has 1 aliphatic heterocycles. The maximum atomic E-state index is 6.21. The molecule has 1 aliphatic carbocycles. The predicted molar refractivity (Wildman–Crippen MR) is 84.7 cm³/mol. The largest absolute Gasteiger partial charge is 0.265 e. The summed E-state index contributed by atoms with van der Waals surface area (Å²) in [6.07, 6.45) is 8.70. The first-order valence-electron chi connectivity index (χ1n) is 7.34. The number of rotatable bonds is 2. The fraction of sp³-hybridized carbons (Fsp3) is 0.158. The van der Waals surface area contributed by atoms with E-state index in [9.17, 15) is 0 Å². The zero-order chi connectivity index (χ0) is 14.1. The predicted octanol–water partition coefficient (Wildman–Crippen LogP) is 4.29. The van der Waals surface area contributed by atoms with Crippen molar-refractivity contribution in [1.29, 1.82) is 0 Å². The molecule has 2 heteroatoms. The van der Waals surface area contributed by atoms with E-state index < -0.39 is 0 Å². The fourth-order valence-electron chi connectivity index (χ4n) is 3.15. The molecule has 2 aromatic carbocycles. The highest BCUT2D eigenvalue weighted by Gasteiger charge is 2.42. The smallest absolute Gasteiger partial charge is 0.113 e. The number of benzene rings is 2. The molecular formula is C19H17NO. The van der Waals surface area contributed by atoms with Crippen molar-refractivity contribution in [2.24, 2.45) is 5.92 Å². The summed E-state index contributed by atoms with van der Waals surface area (Å²) in [4.78, 5) is 6.21. The molecule has 3 atom stereocenters. The van der Waals surface area contributed by atoms with Crippen molar-refractivity contribution < 1.29 is 4.84 Å². The standard InChI is InChI=1S/C19H17NO/c1-3-9-15(10-4-1)19-17-13-7-8-14-18(17)21-20(19)16-11-5-2-6-12-16/h1-14,17-19H/t17-,18+,19+/m1/s1. The van der Waals surface area contributed by atoms with Gasteiger partial charge in [-0.1, -0.05) is 72.8 Å².